The number of hydrogen-bond acceptors (Lipinski definition) is 5. The van der Waals surface area contributed by atoms with Crippen LogP contribution in [0.4, 0.5) is 11.4 Å². The normalized spacial score (nSPS) is 23.1. The molecule has 1 saturated carbocycles. The second-order valence-electron chi connectivity index (χ2n) is 5.05. The molecule has 0 aromatic carbocycles. The predicted molar refractivity (Wildman–Crippen MR) is 73.4 cm³/mol. The maximum atomic E-state index is 8.91. The van der Waals surface area contributed by atoms with E-state index < -0.39 is 0 Å². The van der Waals surface area contributed by atoms with Gasteiger partial charge in [0.05, 0.1) is 24.2 Å². The summed E-state index contributed by atoms with van der Waals surface area (Å²) in [6.07, 6.45) is 7.14. The highest BCUT2D eigenvalue weighted by molar-refractivity contribution is 5.92. The number of nitrogen functional groups attached to an aromatic ring is 1. The quantitative estimate of drug-likeness (QED) is 0.862. The Bertz CT molecular complexity index is 620. The summed E-state index contributed by atoms with van der Waals surface area (Å²) in [5.41, 5.74) is 8.93. The Hall–Kier alpha value is -2.22. The summed E-state index contributed by atoms with van der Waals surface area (Å²) < 4.78 is 5.46. The van der Waals surface area contributed by atoms with Gasteiger partial charge < -0.3 is 15.5 Å². The van der Waals surface area contributed by atoms with Crippen molar-refractivity contribution in [3.05, 3.63) is 18.5 Å². The molecule has 2 heterocycles. The van der Waals surface area contributed by atoms with Crippen molar-refractivity contribution in [3.63, 3.8) is 0 Å². The monoisotopic (exact) mass is 256 g/mol. The van der Waals surface area contributed by atoms with Gasteiger partial charge >= 0.3 is 0 Å². The molecule has 19 heavy (non-hydrogen) atoms. The van der Waals surface area contributed by atoms with Crippen molar-refractivity contribution in [1.29, 1.82) is 5.26 Å². The fourth-order valence-electron chi connectivity index (χ4n) is 2.65. The van der Waals surface area contributed by atoms with Crippen LogP contribution in [0, 0.1) is 17.2 Å². The summed E-state index contributed by atoms with van der Waals surface area (Å²) >= 11 is 0. The zero-order valence-corrected chi connectivity index (χ0v) is 10.6. The van der Waals surface area contributed by atoms with Gasteiger partial charge in [-0.3, -0.25) is 4.98 Å². The van der Waals surface area contributed by atoms with Crippen molar-refractivity contribution in [2.24, 2.45) is 5.92 Å². The Balaban J connectivity index is 1.80. The van der Waals surface area contributed by atoms with Gasteiger partial charge in [0, 0.05) is 18.0 Å². The van der Waals surface area contributed by atoms with E-state index in [1.54, 1.807) is 12.5 Å². The van der Waals surface area contributed by atoms with Crippen LogP contribution in [0.2, 0.25) is 0 Å². The molecular formula is C14H16N4O. The number of nitrogens with zero attached hydrogens (tertiary/aromatic N) is 2. The summed E-state index contributed by atoms with van der Waals surface area (Å²) in [7, 11) is 0. The lowest BCUT2D eigenvalue weighted by Gasteiger charge is -2.26. The van der Waals surface area contributed by atoms with Crippen molar-refractivity contribution >= 4 is 22.5 Å². The number of nitrogens with one attached hydrogen (secondary N) is 1. The summed E-state index contributed by atoms with van der Waals surface area (Å²) in [6, 6.07) is 4.52. The zero-order chi connectivity index (χ0) is 13.2. The van der Waals surface area contributed by atoms with Crippen molar-refractivity contribution < 1.29 is 4.42 Å². The van der Waals surface area contributed by atoms with Crippen LogP contribution >= 0.6 is 0 Å². The van der Waals surface area contributed by atoms with E-state index in [-0.39, 0.29) is 5.92 Å². The van der Waals surface area contributed by atoms with Gasteiger partial charge in [0.1, 0.15) is 11.2 Å². The summed E-state index contributed by atoms with van der Waals surface area (Å²) in [4.78, 5) is 4.22. The Morgan fingerprint density at radius 2 is 2.16 bits per heavy atom. The Morgan fingerprint density at radius 3 is 2.89 bits per heavy atom. The zero-order valence-electron chi connectivity index (χ0n) is 10.6. The highest BCUT2D eigenvalue weighted by atomic mass is 16.3. The third-order valence-corrected chi connectivity index (χ3v) is 3.76. The fourth-order valence-corrected chi connectivity index (χ4v) is 2.65. The molecule has 5 heteroatoms. The second kappa shape index (κ2) is 4.81. The Morgan fingerprint density at radius 1 is 1.37 bits per heavy atom. The van der Waals surface area contributed by atoms with Crippen LogP contribution in [0.15, 0.2) is 22.9 Å². The van der Waals surface area contributed by atoms with Crippen molar-refractivity contribution in [2.45, 2.75) is 31.7 Å². The fraction of sp³-hybridized carbons (Fsp3) is 0.429. The van der Waals surface area contributed by atoms with E-state index in [0.717, 1.165) is 36.9 Å². The number of furan rings is 1. The van der Waals surface area contributed by atoms with Gasteiger partial charge in [-0.1, -0.05) is 0 Å². The lowest BCUT2D eigenvalue weighted by atomic mass is 9.87. The molecule has 0 bridgehead atoms. The molecule has 0 saturated heterocycles. The van der Waals surface area contributed by atoms with Crippen LogP contribution < -0.4 is 11.1 Å². The molecule has 1 fully saturated rings. The first-order valence-electron chi connectivity index (χ1n) is 6.55. The molecule has 3 N–H and O–H groups in total. The van der Waals surface area contributed by atoms with Gasteiger partial charge in [-0.15, -0.1) is 0 Å². The topological polar surface area (TPSA) is 87.9 Å². The van der Waals surface area contributed by atoms with E-state index in [2.05, 4.69) is 16.4 Å². The molecule has 3 rings (SSSR count). The molecule has 2 aromatic heterocycles. The third kappa shape index (κ3) is 2.22. The van der Waals surface area contributed by atoms with E-state index in [4.69, 9.17) is 15.4 Å². The molecule has 2 aromatic rings. The van der Waals surface area contributed by atoms with Gasteiger partial charge in [0.2, 0.25) is 0 Å². The molecule has 0 unspecified atom stereocenters. The van der Waals surface area contributed by atoms with Gasteiger partial charge in [-0.05, 0) is 25.7 Å². The van der Waals surface area contributed by atoms with Crippen LogP contribution in [0.3, 0.4) is 0 Å². The first-order chi connectivity index (χ1) is 9.28. The number of nitrogens with two attached hydrogens (primary N) is 1. The molecule has 0 radical (unpaired) electrons. The van der Waals surface area contributed by atoms with Crippen LogP contribution in [0.25, 0.3) is 11.1 Å². The lowest BCUT2D eigenvalue weighted by Crippen LogP contribution is -2.26. The van der Waals surface area contributed by atoms with Crippen LogP contribution in [-0.2, 0) is 0 Å². The molecular weight excluding hydrogens is 240 g/mol. The van der Waals surface area contributed by atoms with E-state index in [0.29, 0.717) is 17.3 Å². The van der Waals surface area contributed by atoms with Gasteiger partial charge in [-0.2, -0.15) is 5.26 Å². The minimum atomic E-state index is 0.205. The van der Waals surface area contributed by atoms with Gasteiger partial charge in [0.15, 0.2) is 5.58 Å². The number of fused-ring (bicyclic) bond motifs is 1. The standard InChI is InChI=1S/C14H16N4O/c15-7-9-1-3-10(4-2-9)18-13-11(16)8-17-12-5-6-19-14(12)13/h5-6,8-10H,1-4,16H2,(H,17,18). The Kier molecular flexibility index (Phi) is 3.00. The van der Waals surface area contributed by atoms with Crippen molar-refractivity contribution in [2.75, 3.05) is 11.1 Å². The molecule has 98 valence electrons. The average molecular weight is 256 g/mol. The maximum absolute atomic E-state index is 8.91. The number of aromatic nitrogens is 1. The van der Waals surface area contributed by atoms with Crippen LogP contribution in [-0.4, -0.2) is 11.0 Å². The first-order valence-corrected chi connectivity index (χ1v) is 6.55. The highest BCUT2D eigenvalue weighted by Gasteiger charge is 2.22. The van der Waals surface area contributed by atoms with Crippen molar-refractivity contribution in [1.82, 2.24) is 4.98 Å². The smallest absolute Gasteiger partial charge is 0.177 e. The Labute approximate surface area is 111 Å². The summed E-state index contributed by atoms with van der Waals surface area (Å²) in [5, 5.41) is 12.4. The van der Waals surface area contributed by atoms with Crippen LogP contribution in [0.5, 0.6) is 0 Å². The average Bonchev–Trinajstić information content (AvgIpc) is 2.91. The largest absolute Gasteiger partial charge is 0.460 e. The van der Waals surface area contributed by atoms with E-state index in [1.807, 2.05) is 6.07 Å². The minimum absolute atomic E-state index is 0.205. The summed E-state index contributed by atoms with van der Waals surface area (Å²) in [5.74, 6) is 0.205. The van der Waals surface area contributed by atoms with Crippen molar-refractivity contribution in [3.8, 4) is 6.07 Å². The molecule has 1 aliphatic carbocycles. The number of hydrogen-bond donors (Lipinski definition) is 2. The molecule has 0 atom stereocenters. The second-order valence-corrected chi connectivity index (χ2v) is 5.05. The number of nitriles is 1. The predicted octanol–water partition coefficient (Wildman–Crippen LogP) is 2.90. The molecule has 5 nitrogen and oxygen atoms in total. The maximum Gasteiger partial charge on any atom is 0.177 e. The van der Waals surface area contributed by atoms with E-state index in [1.165, 1.54) is 0 Å². The highest BCUT2D eigenvalue weighted by Crippen LogP contribution is 2.32. The third-order valence-electron chi connectivity index (χ3n) is 3.76. The first kappa shape index (κ1) is 11.8. The van der Waals surface area contributed by atoms with E-state index >= 15 is 0 Å². The van der Waals surface area contributed by atoms with Gasteiger partial charge in [-0.25, -0.2) is 0 Å². The lowest BCUT2D eigenvalue weighted by molar-refractivity contribution is 0.397. The number of rotatable bonds is 2. The SMILES string of the molecule is N#CC1CCC(Nc2c(N)cnc3ccoc23)CC1. The molecule has 0 amide bonds. The molecule has 1 aliphatic rings. The van der Waals surface area contributed by atoms with Crippen LogP contribution in [0.1, 0.15) is 25.7 Å². The number of pyridine rings is 1. The summed E-state index contributed by atoms with van der Waals surface area (Å²) in [6.45, 7) is 0. The minimum Gasteiger partial charge on any atom is -0.460 e. The number of anilines is 2. The van der Waals surface area contributed by atoms with Gasteiger partial charge in [0.25, 0.3) is 0 Å². The molecule has 0 aliphatic heterocycles. The van der Waals surface area contributed by atoms with E-state index in [9.17, 15) is 0 Å². The molecule has 0 spiro atoms.